The van der Waals surface area contributed by atoms with E-state index in [0.29, 0.717) is 29.2 Å². The van der Waals surface area contributed by atoms with Gasteiger partial charge in [-0.25, -0.2) is 4.98 Å². The molecule has 0 bridgehead atoms. The Hall–Kier alpha value is -1.89. The lowest BCUT2D eigenvalue weighted by Crippen LogP contribution is -2.06. The molecule has 0 radical (unpaired) electrons. The van der Waals surface area contributed by atoms with Crippen molar-refractivity contribution in [3.63, 3.8) is 0 Å². The number of hydrogen-bond acceptors (Lipinski definition) is 6. The van der Waals surface area contributed by atoms with Gasteiger partial charge in [-0.05, 0) is 33.7 Å². The molecule has 1 aliphatic heterocycles. The first kappa shape index (κ1) is 15.6. The van der Waals surface area contributed by atoms with Crippen molar-refractivity contribution in [1.82, 2.24) is 15.0 Å². The van der Waals surface area contributed by atoms with E-state index < -0.39 is 0 Å². The smallest absolute Gasteiger partial charge is 0.224 e. The van der Waals surface area contributed by atoms with E-state index in [0.717, 1.165) is 27.8 Å². The molecule has 3 aromatic rings. The van der Waals surface area contributed by atoms with Gasteiger partial charge in [-0.1, -0.05) is 48.5 Å². The molecule has 122 valence electrons. The Morgan fingerprint density at radius 2 is 2.04 bits per heavy atom. The highest BCUT2D eigenvalue weighted by Crippen LogP contribution is 2.39. The van der Waals surface area contributed by atoms with Crippen LogP contribution in [0.3, 0.4) is 0 Å². The van der Waals surface area contributed by atoms with Crippen molar-refractivity contribution in [1.29, 1.82) is 0 Å². The monoisotopic (exact) mass is 358 g/mol. The molecule has 24 heavy (non-hydrogen) atoms. The van der Waals surface area contributed by atoms with Gasteiger partial charge in [0.05, 0.1) is 18.2 Å². The van der Waals surface area contributed by atoms with E-state index in [9.17, 15) is 0 Å². The van der Waals surface area contributed by atoms with Gasteiger partial charge in [0, 0.05) is 5.56 Å². The summed E-state index contributed by atoms with van der Waals surface area (Å²) in [5.74, 6) is 1.58. The van der Waals surface area contributed by atoms with Crippen LogP contribution in [0.1, 0.15) is 18.1 Å². The first-order chi connectivity index (χ1) is 11.7. The summed E-state index contributed by atoms with van der Waals surface area (Å²) in [4.78, 5) is 13.1. The molecular formula is C17H15ClN4OS. The van der Waals surface area contributed by atoms with E-state index in [1.807, 2.05) is 25.1 Å². The molecule has 0 spiro atoms. The predicted octanol–water partition coefficient (Wildman–Crippen LogP) is 4.07. The predicted molar refractivity (Wildman–Crippen MR) is 97.1 cm³/mol. The maximum absolute atomic E-state index is 6.58. The van der Waals surface area contributed by atoms with E-state index in [-0.39, 0.29) is 5.95 Å². The van der Waals surface area contributed by atoms with Crippen LogP contribution in [-0.2, 0) is 18.0 Å². The maximum atomic E-state index is 6.58. The molecule has 2 heterocycles. The van der Waals surface area contributed by atoms with Gasteiger partial charge in [0.1, 0.15) is 0 Å². The van der Waals surface area contributed by atoms with Crippen molar-refractivity contribution >= 4 is 40.1 Å². The topological polar surface area (TPSA) is 73.9 Å². The van der Waals surface area contributed by atoms with Crippen molar-refractivity contribution in [3.8, 4) is 11.4 Å². The summed E-state index contributed by atoms with van der Waals surface area (Å²) in [5.41, 5.74) is 8.92. The molecule has 1 aliphatic rings. The van der Waals surface area contributed by atoms with Crippen molar-refractivity contribution < 1.29 is 4.74 Å². The molecule has 0 aliphatic carbocycles. The van der Waals surface area contributed by atoms with E-state index in [4.69, 9.17) is 22.1 Å². The summed E-state index contributed by atoms with van der Waals surface area (Å²) in [6.45, 7) is 3.20. The molecule has 4 rings (SSSR count). The number of nitrogens with two attached hydrogens (primary N) is 1. The Morgan fingerprint density at radius 3 is 2.88 bits per heavy atom. The van der Waals surface area contributed by atoms with E-state index in [2.05, 4.69) is 21.0 Å². The number of anilines is 1. The molecule has 7 heteroatoms. The zero-order valence-corrected chi connectivity index (χ0v) is 14.6. The minimum absolute atomic E-state index is 0.204. The van der Waals surface area contributed by atoms with Crippen LogP contribution in [0.15, 0.2) is 29.4 Å². The molecular weight excluding hydrogens is 344 g/mol. The lowest BCUT2D eigenvalue weighted by Gasteiger charge is -2.20. The zero-order chi connectivity index (χ0) is 16.7. The first-order valence-corrected chi connectivity index (χ1v) is 8.99. The third-order valence-corrected chi connectivity index (χ3v) is 4.95. The second-order valence-electron chi connectivity index (χ2n) is 5.46. The number of benzene rings is 2. The number of nitrogen functional groups attached to an aromatic ring is 1. The second-order valence-corrected chi connectivity index (χ2v) is 7.10. The van der Waals surface area contributed by atoms with Crippen LogP contribution >= 0.6 is 23.4 Å². The van der Waals surface area contributed by atoms with Gasteiger partial charge in [0.2, 0.25) is 5.95 Å². The summed E-state index contributed by atoms with van der Waals surface area (Å²) in [7, 11) is 0. The van der Waals surface area contributed by atoms with Crippen LogP contribution < -0.4 is 5.73 Å². The second kappa shape index (κ2) is 6.20. The van der Waals surface area contributed by atoms with Gasteiger partial charge >= 0.3 is 0 Å². The molecule has 2 aromatic carbocycles. The Balaban J connectivity index is 2.02. The minimum Gasteiger partial charge on any atom is -0.372 e. The van der Waals surface area contributed by atoms with Crippen LogP contribution in [0, 0.1) is 0 Å². The number of aromatic nitrogens is 3. The lowest BCUT2D eigenvalue weighted by atomic mass is 9.94. The average molecular weight is 359 g/mol. The lowest BCUT2D eigenvalue weighted by molar-refractivity contribution is 0.103. The fourth-order valence-corrected chi connectivity index (χ4v) is 3.91. The number of ether oxygens (including phenoxy) is 1. The third kappa shape index (κ3) is 2.60. The van der Waals surface area contributed by atoms with E-state index in [1.54, 1.807) is 0 Å². The van der Waals surface area contributed by atoms with Gasteiger partial charge in [-0.15, -0.1) is 0 Å². The van der Waals surface area contributed by atoms with Crippen molar-refractivity contribution in [3.05, 3.63) is 40.4 Å². The van der Waals surface area contributed by atoms with Crippen molar-refractivity contribution in [2.24, 2.45) is 0 Å². The normalized spacial score (nSPS) is 13.4. The molecule has 0 amide bonds. The Bertz CT molecular complexity index is 948. The highest BCUT2D eigenvalue weighted by molar-refractivity contribution is 7.99. The third-order valence-electron chi connectivity index (χ3n) is 3.93. The molecule has 0 unspecified atom stereocenters. The number of halogens is 1. The number of nitrogens with zero attached hydrogens (tertiary/aromatic N) is 3. The summed E-state index contributed by atoms with van der Waals surface area (Å²) in [5, 5.41) is 3.40. The van der Waals surface area contributed by atoms with Crippen LogP contribution in [0.25, 0.3) is 22.2 Å². The van der Waals surface area contributed by atoms with Crippen LogP contribution in [-0.4, -0.2) is 20.7 Å². The Kier molecular flexibility index (Phi) is 4.04. The van der Waals surface area contributed by atoms with Crippen molar-refractivity contribution in [2.45, 2.75) is 25.3 Å². The fraction of sp³-hybridized carbons (Fsp3) is 0.235. The quantitative estimate of drug-likeness (QED) is 0.711. The Labute approximate surface area is 148 Å². The standard InChI is InChI=1S/C17H15ClN4OS/c1-2-24-17-21-15(20-16(19)22-17)14-11-5-3-4-9-7-23-8-10(13(9)11)6-12(14)18/h3-6H,2,7-8H2,1H3,(H2,19,20,21,22). The summed E-state index contributed by atoms with van der Waals surface area (Å²) < 4.78 is 5.63. The minimum atomic E-state index is 0.204. The number of thioether (sulfide) groups is 1. The van der Waals surface area contributed by atoms with Gasteiger partial charge < -0.3 is 10.5 Å². The van der Waals surface area contributed by atoms with Gasteiger partial charge in [-0.3, -0.25) is 0 Å². The largest absolute Gasteiger partial charge is 0.372 e. The number of hydrogen-bond donors (Lipinski definition) is 1. The summed E-state index contributed by atoms with van der Waals surface area (Å²) in [6, 6.07) is 8.06. The molecule has 5 nitrogen and oxygen atoms in total. The SMILES string of the molecule is CCSc1nc(N)nc(-c2c(Cl)cc3c4c(cccc24)COC3)n1. The summed E-state index contributed by atoms with van der Waals surface area (Å²) in [6.07, 6.45) is 0. The summed E-state index contributed by atoms with van der Waals surface area (Å²) >= 11 is 8.10. The molecule has 0 saturated carbocycles. The van der Waals surface area contributed by atoms with Gasteiger partial charge in [-0.2, -0.15) is 9.97 Å². The molecule has 0 saturated heterocycles. The molecule has 1 aromatic heterocycles. The van der Waals surface area contributed by atoms with Gasteiger partial charge in [0.25, 0.3) is 0 Å². The fourth-order valence-electron chi connectivity index (χ4n) is 3.02. The number of rotatable bonds is 3. The van der Waals surface area contributed by atoms with Gasteiger partial charge in [0.15, 0.2) is 11.0 Å². The maximum Gasteiger partial charge on any atom is 0.224 e. The van der Waals surface area contributed by atoms with Crippen LogP contribution in [0.2, 0.25) is 5.02 Å². The van der Waals surface area contributed by atoms with Crippen LogP contribution in [0.4, 0.5) is 5.95 Å². The highest BCUT2D eigenvalue weighted by Gasteiger charge is 2.20. The molecule has 2 N–H and O–H groups in total. The Morgan fingerprint density at radius 1 is 1.21 bits per heavy atom. The van der Waals surface area contributed by atoms with Crippen molar-refractivity contribution in [2.75, 3.05) is 11.5 Å². The van der Waals surface area contributed by atoms with Crippen LogP contribution in [0.5, 0.6) is 0 Å². The highest BCUT2D eigenvalue weighted by atomic mass is 35.5. The van der Waals surface area contributed by atoms with E-state index in [1.165, 1.54) is 17.1 Å². The average Bonchev–Trinajstić information content (AvgIpc) is 2.55. The zero-order valence-electron chi connectivity index (χ0n) is 13.0. The molecule has 0 atom stereocenters. The first-order valence-electron chi connectivity index (χ1n) is 7.63. The molecule has 0 fully saturated rings. The van der Waals surface area contributed by atoms with E-state index >= 15 is 0 Å².